The first kappa shape index (κ1) is 14.9. The van der Waals surface area contributed by atoms with Crippen molar-refractivity contribution in [3.63, 3.8) is 0 Å². The van der Waals surface area contributed by atoms with Crippen LogP contribution in [0.3, 0.4) is 0 Å². The van der Waals surface area contributed by atoms with Gasteiger partial charge in [0.1, 0.15) is 5.82 Å². The summed E-state index contributed by atoms with van der Waals surface area (Å²) < 4.78 is 39.5. The minimum Gasteiger partial charge on any atom is -0.393 e. The Morgan fingerprint density at radius 3 is 2.74 bits per heavy atom. The van der Waals surface area contributed by atoms with Gasteiger partial charge in [-0.05, 0) is 46.5 Å². The Balaban J connectivity index is 2.32. The largest absolute Gasteiger partial charge is 0.393 e. The van der Waals surface area contributed by atoms with Gasteiger partial charge < -0.3 is 5.11 Å². The van der Waals surface area contributed by atoms with Crippen LogP contribution in [0.2, 0.25) is 0 Å². The first-order valence-corrected chi connectivity index (χ1v) is 8.19. The molecule has 7 heteroatoms. The number of sulfonamides is 1. The van der Waals surface area contributed by atoms with Gasteiger partial charge >= 0.3 is 0 Å². The van der Waals surface area contributed by atoms with Crippen LogP contribution in [0, 0.1) is 11.7 Å². The Hall–Kier alpha value is -0.500. The van der Waals surface area contributed by atoms with Gasteiger partial charge in [-0.25, -0.2) is 12.8 Å². The molecule has 0 saturated carbocycles. The molecule has 1 saturated heterocycles. The van der Waals surface area contributed by atoms with Crippen LogP contribution < -0.4 is 0 Å². The monoisotopic (exact) mass is 351 g/mol. The van der Waals surface area contributed by atoms with Gasteiger partial charge in [0.05, 0.1) is 11.0 Å². The fourth-order valence-corrected chi connectivity index (χ4v) is 4.70. The molecule has 1 heterocycles. The Morgan fingerprint density at radius 1 is 1.47 bits per heavy atom. The first-order chi connectivity index (χ1) is 8.82. The summed E-state index contributed by atoms with van der Waals surface area (Å²) in [5.41, 5.74) is 0. The summed E-state index contributed by atoms with van der Waals surface area (Å²) in [5.74, 6) is -0.601. The molecule has 1 aromatic rings. The van der Waals surface area contributed by atoms with Crippen molar-refractivity contribution in [2.75, 3.05) is 13.1 Å². The maximum Gasteiger partial charge on any atom is 0.244 e. The van der Waals surface area contributed by atoms with E-state index in [4.69, 9.17) is 0 Å². The summed E-state index contributed by atoms with van der Waals surface area (Å²) in [6, 6.07) is 3.51. The molecule has 1 N–H and O–H groups in total. The van der Waals surface area contributed by atoms with E-state index in [2.05, 4.69) is 15.9 Å². The van der Waals surface area contributed by atoms with Crippen LogP contribution >= 0.6 is 15.9 Å². The molecule has 2 unspecified atom stereocenters. The van der Waals surface area contributed by atoms with Gasteiger partial charge in [0.25, 0.3) is 0 Å². The maximum absolute atomic E-state index is 13.0. The molecule has 2 atom stereocenters. The highest BCUT2D eigenvalue weighted by Gasteiger charge is 2.33. The molecule has 106 valence electrons. The van der Waals surface area contributed by atoms with Crippen molar-refractivity contribution in [1.29, 1.82) is 0 Å². The van der Waals surface area contributed by atoms with Crippen molar-refractivity contribution in [2.45, 2.75) is 24.3 Å². The number of hydrogen-bond donors (Lipinski definition) is 1. The summed E-state index contributed by atoms with van der Waals surface area (Å²) in [6.07, 6.45) is -0.0535. The van der Waals surface area contributed by atoms with Gasteiger partial charge in [0.15, 0.2) is 0 Å². The number of halogens is 2. The molecule has 1 aliphatic rings. The van der Waals surface area contributed by atoms with Crippen LogP contribution in [0.5, 0.6) is 0 Å². The molecule has 0 spiro atoms. The number of aliphatic hydroxyl groups is 1. The molecule has 1 aromatic carbocycles. The van der Waals surface area contributed by atoms with E-state index in [9.17, 15) is 17.9 Å². The van der Waals surface area contributed by atoms with Gasteiger partial charge in [-0.1, -0.05) is 6.92 Å². The Kier molecular flexibility index (Phi) is 4.29. The standard InChI is InChI=1S/C12H15BrFNO3S/c1-8-7-15(5-4-11(8)16)19(17,18)12-3-2-9(14)6-10(12)13/h2-3,6,8,11,16H,4-5,7H2,1H3. The second-order valence-electron chi connectivity index (χ2n) is 4.77. The minimum absolute atomic E-state index is 0.0532. The van der Waals surface area contributed by atoms with E-state index in [-0.39, 0.29) is 28.4 Å². The van der Waals surface area contributed by atoms with Gasteiger partial charge in [0, 0.05) is 17.6 Å². The van der Waals surface area contributed by atoms with E-state index in [1.807, 2.05) is 6.92 Å². The van der Waals surface area contributed by atoms with Crippen LogP contribution in [0.15, 0.2) is 27.6 Å². The third kappa shape index (κ3) is 2.99. The predicted octanol–water partition coefficient (Wildman–Crippen LogP) is 1.98. The third-order valence-corrected chi connectivity index (χ3v) is 6.18. The molecule has 0 aliphatic carbocycles. The molecule has 1 aliphatic heterocycles. The number of aliphatic hydroxyl groups excluding tert-OH is 1. The fraction of sp³-hybridized carbons (Fsp3) is 0.500. The normalized spacial score (nSPS) is 25.5. The van der Waals surface area contributed by atoms with Crippen molar-refractivity contribution in [1.82, 2.24) is 4.31 Å². The second-order valence-corrected chi connectivity index (χ2v) is 7.53. The van der Waals surface area contributed by atoms with Crippen LogP contribution in [0.1, 0.15) is 13.3 Å². The number of nitrogens with zero attached hydrogens (tertiary/aromatic N) is 1. The lowest BCUT2D eigenvalue weighted by atomic mass is 9.99. The van der Waals surface area contributed by atoms with Crippen molar-refractivity contribution >= 4 is 26.0 Å². The van der Waals surface area contributed by atoms with E-state index < -0.39 is 21.9 Å². The molecule has 1 fully saturated rings. The lowest BCUT2D eigenvalue weighted by molar-refractivity contribution is 0.0628. The average molecular weight is 352 g/mol. The topological polar surface area (TPSA) is 57.6 Å². The third-order valence-electron chi connectivity index (χ3n) is 3.33. The molecule has 0 amide bonds. The molecule has 2 rings (SSSR count). The highest BCUT2D eigenvalue weighted by Crippen LogP contribution is 2.29. The molecule has 4 nitrogen and oxygen atoms in total. The molecule has 0 radical (unpaired) electrons. The lowest BCUT2D eigenvalue weighted by Gasteiger charge is -2.33. The quantitative estimate of drug-likeness (QED) is 0.886. The zero-order chi connectivity index (χ0) is 14.2. The lowest BCUT2D eigenvalue weighted by Crippen LogP contribution is -2.44. The minimum atomic E-state index is -3.66. The Bertz CT molecular complexity index is 578. The van der Waals surface area contributed by atoms with Crippen LogP contribution in [-0.2, 0) is 10.0 Å². The smallest absolute Gasteiger partial charge is 0.244 e. The van der Waals surface area contributed by atoms with Crippen LogP contribution in [-0.4, -0.2) is 37.0 Å². The van der Waals surface area contributed by atoms with E-state index >= 15 is 0 Å². The molecule has 19 heavy (non-hydrogen) atoms. The van der Waals surface area contributed by atoms with Crippen molar-refractivity contribution in [3.8, 4) is 0 Å². The number of benzene rings is 1. The summed E-state index contributed by atoms with van der Waals surface area (Å²) in [5, 5.41) is 9.64. The zero-order valence-electron chi connectivity index (χ0n) is 10.4. The van der Waals surface area contributed by atoms with E-state index in [1.54, 1.807) is 0 Å². The van der Waals surface area contributed by atoms with Crippen molar-refractivity contribution < 1.29 is 17.9 Å². The van der Waals surface area contributed by atoms with Crippen LogP contribution in [0.25, 0.3) is 0 Å². The fourth-order valence-electron chi connectivity index (χ4n) is 2.14. The van der Waals surface area contributed by atoms with E-state index in [1.165, 1.54) is 10.4 Å². The number of hydrogen-bond acceptors (Lipinski definition) is 3. The van der Waals surface area contributed by atoms with Gasteiger partial charge in [-0.3, -0.25) is 0 Å². The zero-order valence-corrected chi connectivity index (χ0v) is 12.8. The number of rotatable bonds is 2. The van der Waals surface area contributed by atoms with Crippen molar-refractivity contribution in [3.05, 3.63) is 28.5 Å². The Labute approximate surface area is 120 Å². The van der Waals surface area contributed by atoms with Crippen LogP contribution in [0.4, 0.5) is 4.39 Å². The van der Waals surface area contributed by atoms with Crippen molar-refractivity contribution in [2.24, 2.45) is 5.92 Å². The number of piperidine rings is 1. The first-order valence-electron chi connectivity index (χ1n) is 5.95. The summed E-state index contributed by atoms with van der Waals surface area (Å²) in [4.78, 5) is 0.0532. The van der Waals surface area contributed by atoms with E-state index in [0.717, 1.165) is 12.1 Å². The highest BCUT2D eigenvalue weighted by molar-refractivity contribution is 9.10. The molecular weight excluding hydrogens is 337 g/mol. The molecule has 0 aromatic heterocycles. The summed E-state index contributed by atoms with van der Waals surface area (Å²) in [7, 11) is -3.66. The summed E-state index contributed by atoms with van der Waals surface area (Å²) >= 11 is 3.08. The summed E-state index contributed by atoms with van der Waals surface area (Å²) in [6.45, 7) is 2.36. The van der Waals surface area contributed by atoms with E-state index in [0.29, 0.717) is 6.42 Å². The SMILES string of the molecule is CC1CN(S(=O)(=O)c2ccc(F)cc2Br)CCC1O. The van der Waals surface area contributed by atoms with Gasteiger partial charge in [-0.2, -0.15) is 4.31 Å². The van der Waals surface area contributed by atoms with Gasteiger partial charge in [0.2, 0.25) is 10.0 Å². The maximum atomic E-state index is 13.0. The second kappa shape index (κ2) is 5.47. The molecular formula is C12H15BrFNO3S. The average Bonchev–Trinajstić information content (AvgIpc) is 2.32. The highest BCUT2D eigenvalue weighted by atomic mass is 79.9. The molecule has 0 bridgehead atoms. The Morgan fingerprint density at radius 2 is 2.16 bits per heavy atom. The predicted molar refractivity (Wildman–Crippen MR) is 72.6 cm³/mol. The van der Waals surface area contributed by atoms with Gasteiger partial charge in [-0.15, -0.1) is 0 Å².